The second kappa shape index (κ2) is 6.95. The van der Waals surface area contributed by atoms with Gasteiger partial charge in [-0.05, 0) is 35.4 Å². The highest BCUT2D eigenvalue weighted by atomic mass is 79.9. The maximum atomic E-state index is 13.2. The number of nitrogens with one attached hydrogen (secondary N) is 1. The van der Waals surface area contributed by atoms with E-state index in [1.54, 1.807) is 0 Å². The lowest BCUT2D eigenvalue weighted by Gasteiger charge is -2.40. The topological polar surface area (TPSA) is 38.3 Å². The normalized spacial score (nSPS) is 23.0. The van der Waals surface area contributed by atoms with E-state index in [4.69, 9.17) is 4.74 Å². The lowest BCUT2D eigenvalue weighted by atomic mass is 9.73. The number of allylic oxidation sites excluding steroid dienone is 1. The lowest BCUT2D eigenvalue weighted by Crippen LogP contribution is -2.39. The van der Waals surface area contributed by atoms with Crippen LogP contribution in [-0.4, -0.2) is 5.97 Å². The second-order valence-electron chi connectivity index (χ2n) is 7.13. The molecule has 0 saturated heterocycles. The first-order valence-corrected chi connectivity index (χ1v) is 10.1. The molecular weight excluding hydrogens is 414 g/mol. The van der Waals surface area contributed by atoms with E-state index in [9.17, 15) is 4.79 Å². The zero-order chi connectivity index (χ0) is 19.1. The van der Waals surface area contributed by atoms with Crippen LogP contribution in [0.5, 0.6) is 0 Å². The first-order valence-electron chi connectivity index (χ1n) is 9.30. The molecule has 3 atom stereocenters. The Morgan fingerprint density at radius 2 is 1.57 bits per heavy atom. The highest BCUT2D eigenvalue weighted by molar-refractivity contribution is 9.10. The Kier molecular flexibility index (Phi) is 4.29. The van der Waals surface area contributed by atoms with Crippen LogP contribution in [0.25, 0.3) is 5.76 Å². The molecule has 3 aromatic rings. The van der Waals surface area contributed by atoms with Gasteiger partial charge in [-0.2, -0.15) is 0 Å². The number of hydrogen-bond donors (Lipinski definition) is 1. The molecule has 0 saturated carbocycles. The molecule has 0 aliphatic carbocycles. The average Bonchev–Trinajstić information content (AvgIpc) is 2.74. The van der Waals surface area contributed by atoms with Gasteiger partial charge in [0.25, 0.3) is 0 Å². The minimum Gasteiger partial charge on any atom is -0.426 e. The van der Waals surface area contributed by atoms with Gasteiger partial charge in [0.05, 0.1) is 12.0 Å². The van der Waals surface area contributed by atoms with Crippen LogP contribution in [0.1, 0.15) is 28.7 Å². The molecule has 3 nitrogen and oxygen atoms in total. The van der Waals surface area contributed by atoms with Crippen molar-refractivity contribution in [3.8, 4) is 0 Å². The van der Waals surface area contributed by atoms with E-state index in [1.807, 2.05) is 54.6 Å². The third-order valence-corrected chi connectivity index (χ3v) is 6.01. The molecule has 1 N–H and O–H groups in total. The molecule has 5 rings (SSSR count). The molecular formula is C24H18BrNO2. The number of ether oxygens (including phenoxy) is 1. The van der Waals surface area contributed by atoms with Crippen LogP contribution in [0.2, 0.25) is 0 Å². The van der Waals surface area contributed by atoms with Gasteiger partial charge in [-0.3, -0.25) is 4.79 Å². The van der Waals surface area contributed by atoms with E-state index in [0.29, 0.717) is 5.76 Å². The van der Waals surface area contributed by atoms with Gasteiger partial charge in [0.2, 0.25) is 0 Å². The molecule has 0 spiro atoms. The van der Waals surface area contributed by atoms with Crippen molar-refractivity contribution in [2.75, 3.05) is 5.32 Å². The SMILES string of the molecule is O=C1OC(c2ccccc2)=C[C@@H]2c3ccccc3N[C@@H](c3ccc(Br)cc3)[C@H]12. The Morgan fingerprint density at radius 3 is 2.36 bits per heavy atom. The number of rotatable bonds is 2. The summed E-state index contributed by atoms with van der Waals surface area (Å²) in [4.78, 5) is 13.2. The number of fused-ring (bicyclic) bond motifs is 3. The third-order valence-electron chi connectivity index (χ3n) is 5.48. The summed E-state index contributed by atoms with van der Waals surface area (Å²) in [5.74, 6) is 0.0884. The average molecular weight is 432 g/mol. The van der Waals surface area contributed by atoms with Gasteiger partial charge in [-0.25, -0.2) is 0 Å². The summed E-state index contributed by atoms with van der Waals surface area (Å²) in [6.45, 7) is 0. The van der Waals surface area contributed by atoms with Crippen molar-refractivity contribution in [2.24, 2.45) is 5.92 Å². The van der Waals surface area contributed by atoms with Crippen LogP contribution in [0.4, 0.5) is 5.69 Å². The minimum atomic E-state index is -0.316. The molecule has 2 aliphatic rings. The van der Waals surface area contributed by atoms with Crippen molar-refractivity contribution in [1.29, 1.82) is 0 Å². The number of hydrogen-bond acceptors (Lipinski definition) is 3. The Morgan fingerprint density at radius 1 is 0.857 bits per heavy atom. The van der Waals surface area contributed by atoms with E-state index < -0.39 is 0 Å². The van der Waals surface area contributed by atoms with Crippen LogP contribution < -0.4 is 5.32 Å². The van der Waals surface area contributed by atoms with Crippen molar-refractivity contribution in [3.63, 3.8) is 0 Å². The van der Waals surface area contributed by atoms with Gasteiger partial charge in [0.1, 0.15) is 5.76 Å². The fourth-order valence-corrected chi connectivity index (χ4v) is 4.41. The quantitative estimate of drug-likeness (QED) is 0.512. The monoisotopic (exact) mass is 431 g/mol. The van der Waals surface area contributed by atoms with E-state index >= 15 is 0 Å². The first-order chi connectivity index (χ1) is 13.7. The Bertz CT molecular complexity index is 1060. The largest absolute Gasteiger partial charge is 0.426 e. The van der Waals surface area contributed by atoms with Crippen LogP contribution in [0.3, 0.4) is 0 Å². The summed E-state index contributed by atoms with van der Waals surface area (Å²) in [6.07, 6.45) is 2.10. The lowest BCUT2D eigenvalue weighted by molar-refractivity contribution is -0.143. The Hall–Kier alpha value is -2.85. The molecule has 0 amide bonds. The molecule has 3 aromatic carbocycles. The van der Waals surface area contributed by atoms with E-state index in [-0.39, 0.29) is 23.8 Å². The number of esters is 1. The van der Waals surface area contributed by atoms with Gasteiger partial charge in [-0.1, -0.05) is 76.6 Å². The fourth-order valence-electron chi connectivity index (χ4n) is 4.15. The standard InChI is InChI=1S/C24H18BrNO2/c25-17-12-10-16(11-13-17)23-22-19(18-8-4-5-9-20(18)26-23)14-21(28-24(22)27)15-6-2-1-3-7-15/h1-14,19,22-23,26H/t19-,22-,23+/m1/s1. The first kappa shape index (κ1) is 17.3. The summed E-state index contributed by atoms with van der Waals surface area (Å²) in [5.41, 5.74) is 4.19. The van der Waals surface area contributed by atoms with Crippen molar-refractivity contribution < 1.29 is 9.53 Å². The van der Waals surface area contributed by atoms with Crippen LogP contribution in [0, 0.1) is 5.92 Å². The third kappa shape index (κ3) is 2.94. The van der Waals surface area contributed by atoms with Crippen LogP contribution in [-0.2, 0) is 9.53 Å². The van der Waals surface area contributed by atoms with E-state index in [1.165, 1.54) is 0 Å². The summed E-state index contributed by atoms with van der Waals surface area (Å²) in [5, 5.41) is 3.57. The van der Waals surface area contributed by atoms with Crippen molar-refractivity contribution in [2.45, 2.75) is 12.0 Å². The summed E-state index contributed by atoms with van der Waals surface area (Å²) in [6, 6.07) is 26.0. The highest BCUT2D eigenvalue weighted by Crippen LogP contribution is 2.49. The van der Waals surface area contributed by atoms with Gasteiger partial charge in [0.15, 0.2) is 0 Å². The van der Waals surface area contributed by atoms with Crippen molar-refractivity contribution in [3.05, 3.63) is 106 Å². The summed E-state index contributed by atoms with van der Waals surface area (Å²) < 4.78 is 6.82. The zero-order valence-electron chi connectivity index (χ0n) is 15.0. The number of anilines is 1. The summed E-state index contributed by atoms with van der Waals surface area (Å²) in [7, 11) is 0. The molecule has 0 fully saturated rings. The van der Waals surface area contributed by atoms with Gasteiger partial charge in [-0.15, -0.1) is 0 Å². The van der Waals surface area contributed by atoms with Crippen LogP contribution >= 0.6 is 15.9 Å². The number of para-hydroxylation sites is 1. The van der Waals surface area contributed by atoms with Gasteiger partial charge >= 0.3 is 5.97 Å². The van der Waals surface area contributed by atoms with E-state index in [2.05, 4.69) is 51.6 Å². The molecule has 28 heavy (non-hydrogen) atoms. The molecule has 0 bridgehead atoms. The molecule has 0 unspecified atom stereocenters. The number of carbonyl (C=O) groups is 1. The fraction of sp³-hybridized carbons (Fsp3) is 0.125. The number of benzene rings is 3. The number of cyclic esters (lactones) is 1. The van der Waals surface area contributed by atoms with Gasteiger partial charge in [0, 0.05) is 21.6 Å². The molecule has 138 valence electrons. The molecule has 4 heteroatoms. The van der Waals surface area contributed by atoms with E-state index in [0.717, 1.165) is 26.9 Å². The molecule has 2 heterocycles. The smallest absolute Gasteiger partial charge is 0.317 e. The Labute approximate surface area is 172 Å². The second-order valence-corrected chi connectivity index (χ2v) is 8.05. The zero-order valence-corrected chi connectivity index (χ0v) is 16.6. The minimum absolute atomic E-state index is 0.0393. The predicted molar refractivity (Wildman–Crippen MR) is 114 cm³/mol. The van der Waals surface area contributed by atoms with Crippen molar-refractivity contribution in [1.82, 2.24) is 0 Å². The van der Waals surface area contributed by atoms with Gasteiger partial charge < -0.3 is 10.1 Å². The highest BCUT2D eigenvalue weighted by Gasteiger charge is 2.45. The molecule has 0 radical (unpaired) electrons. The number of halogens is 1. The maximum Gasteiger partial charge on any atom is 0.317 e. The van der Waals surface area contributed by atoms with Crippen molar-refractivity contribution >= 4 is 33.3 Å². The summed E-state index contributed by atoms with van der Waals surface area (Å²) >= 11 is 3.49. The number of carbonyl (C=O) groups excluding carboxylic acids is 1. The molecule has 0 aromatic heterocycles. The Balaban J connectivity index is 1.64. The maximum absolute atomic E-state index is 13.2. The van der Waals surface area contributed by atoms with Crippen LogP contribution in [0.15, 0.2) is 89.4 Å². The predicted octanol–water partition coefficient (Wildman–Crippen LogP) is 5.91. The molecule has 2 aliphatic heterocycles.